The lowest BCUT2D eigenvalue weighted by atomic mass is 9.93. The summed E-state index contributed by atoms with van der Waals surface area (Å²) in [7, 11) is 0. The molecule has 118 valence electrons. The van der Waals surface area contributed by atoms with Crippen LogP contribution in [0.2, 0.25) is 0 Å². The van der Waals surface area contributed by atoms with Crippen LogP contribution in [0.5, 0.6) is 0 Å². The highest BCUT2D eigenvalue weighted by Crippen LogP contribution is 2.28. The molecule has 0 spiro atoms. The molecule has 1 aliphatic heterocycles. The third-order valence-corrected chi connectivity index (χ3v) is 4.23. The van der Waals surface area contributed by atoms with Crippen molar-refractivity contribution < 1.29 is 14.0 Å². The quantitative estimate of drug-likeness (QED) is 0.809. The van der Waals surface area contributed by atoms with E-state index in [4.69, 9.17) is 0 Å². The Kier molecular flexibility index (Phi) is 4.24. The van der Waals surface area contributed by atoms with E-state index in [9.17, 15) is 14.0 Å². The molecule has 0 aromatic heterocycles. The van der Waals surface area contributed by atoms with Crippen molar-refractivity contribution in [2.45, 2.75) is 19.8 Å². The second-order valence-corrected chi connectivity index (χ2v) is 5.97. The molecule has 4 heteroatoms. The third-order valence-electron chi connectivity index (χ3n) is 4.23. The average Bonchev–Trinajstić information content (AvgIpc) is 2.88. The lowest BCUT2D eigenvalue weighted by Gasteiger charge is -2.17. The summed E-state index contributed by atoms with van der Waals surface area (Å²) in [6.45, 7) is 2.07. The van der Waals surface area contributed by atoms with E-state index in [1.165, 1.54) is 25.1 Å². The maximum Gasteiger partial charge on any atom is 0.227 e. The highest BCUT2D eigenvalue weighted by Gasteiger charge is 2.31. The first kappa shape index (κ1) is 15.4. The van der Waals surface area contributed by atoms with Gasteiger partial charge in [-0.2, -0.15) is 0 Å². The standard InChI is InChI=1S/C19H18FNO2/c1-13(22)18-8-7-16(20)11-15(18)9-14-10-19(23)21(12-14)17-5-3-2-4-6-17/h2-8,11,14H,9-10,12H2,1H3. The number of ketones is 1. The van der Waals surface area contributed by atoms with Gasteiger partial charge >= 0.3 is 0 Å². The minimum Gasteiger partial charge on any atom is -0.312 e. The van der Waals surface area contributed by atoms with E-state index in [0.29, 0.717) is 30.5 Å². The Morgan fingerprint density at radius 3 is 2.65 bits per heavy atom. The molecule has 23 heavy (non-hydrogen) atoms. The van der Waals surface area contributed by atoms with E-state index in [2.05, 4.69) is 0 Å². The van der Waals surface area contributed by atoms with Gasteiger partial charge in [-0.25, -0.2) is 4.39 Å². The number of benzene rings is 2. The van der Waals surface area contributed by atoms with Crippen molar-refractivity contribution >= 4 is 17.4 Å². The van der Waals surface area contributed by atoms with Crippen LogP contribution in [0.15, 0.2) is 48.5 Å². The summed E-state index contributed by atoms with van der Waals surface area (Å²) >= 11 is 0. The van der Waals surface area contributed by atoms with Crippen molar-refractivity contribution in [2.75, 3.05) is 11.4 Å². The zero-order chi connectivity index (χ0) is 16.4. The predicted molar refractivity (Wildman–Crippen MR) is 87.0 cm³/mol. The van der Waals surface area contributed by atoms with Crippen molar-refractivity contribution in [1.29, 1.82) is 0 Å². The van der Waals surface area contributed by atoms with E-state index in [0.717, 1.165) is 5.69 Å². The van der Waals surface area contributed by atoms with Crippen LogP contribution in [0.1, 0.15) is 29.3 Å². The zero-order valence-corrected chi connectivity index (χ0v) is 13.0. The summed E-state index contributed by atoms with van der Waals surface area (Å²) in [5.74, 6) is -0.275. The second-order valence-electron chi connectivity index (χ2n) is 5.97. The number of nitrogens with zero attached hydrogens (tertiary/aromatic N) is 1. The Hall–Kier alpha value is -2.49. The fourth-order valence-electron chi connectivity index (χ4n) is 3.16. The van der Waals surface area contributed by atoms with Gasteiger partial charge in [-0.05, 0) is 55.2 Å². The van der Waals surface area contributed by atoms with Crippen LogP contribution >= 0.6 is 0 Å². The van der Waals surface area contributed by atoms with Gasteiger partial charge in [-0.3, -0.25) is 9.59 Å². The molecule has 0 N–H and O–H groups in total. The van der Waals surface area contributed by atoms with E-state index < -0.39 is 0 Å². The molecule has 1 fully saturated rings. The number of Topliss-reactive ketones (excluding diaryl/α,β-unsaturated/α-hetero) is 1. The summed E-state index contributed by atoms with van der Waals surface area (Å²) in [6.07, 6.45) is 0.949. The number of carbonyl (C=O) groups excluding carboxylic acids is 2. The van der Waals surface area contributed by atoms with Crippen molar-refractivity contribution in [2.24, 2.45) is 5.92 Å². The highest BCUT2D eigenvalue weighted by atomic mass is 19.1. The van der Waals surface area contributed by atoms with Gasteiger partial charge in [0.1, 0.15) is 5.82 Å². The van der Waals surface area contributed by atoms with Crippen LogP contribution in [0.3, 0.4) is 0 Å². The molecule has 1 unspecified atom stereocenters. The summed E-state index contributed by atoms with van der Waals surface area (Å²) < 4.78 is 13.5. The number of halogens is 1. The smallest absolute Gasteiger partial charge is 0.227 e. The van der Waals surface area contributed by atoms with Gasteiger partial charge in [-0.15, -0.1) is 0 Å². The molecule has 0 radical (unpaired) electrons. The summed E-state index contributed by atoms with van der Waals surface area (Å²) in [5, 5.41) is 0. The predicted octanol–water partition coefficient (Wildman–Crippen LogP) is 3.62. The zero-order valence-electron chi connectivity index (χ0n) is 13.0. The summed E-state index contributed by atoms with van der Waals surface area (Å²) in [5.41, 5.74) is 2.10. The Bertz CT molecular complexity index is 742. The molecule has 1 heterocycles. The molecular formula is C19H18FNO2. The molecule has 3 nitrogen and oxygen atoms in total. The largest absolute Gasteiger partial charge is 0.312 e. The molecule has 1 atom stereocenters. The van der Waals surface area contributed by atoms with E-state index >= 15 is 0 Å². The number of carbonyl (C=O) groups is 2. The number of hydrogen-bond acceptors (Lipinski definition) is 2. The minimum atomic E-state index is -0.353. The van der Waals surface area contributed by atoms with Gasteiger partial charge in [0.25, 0.3) is 0 Å². The average molecular weight is 311 g/mol. The highest BCUT2D eigenvalue weighted by molar-refractivity contribution is 5.96. The molecule has 2 aromatic carbocycles. The molecule has 0 bridgehead atoms. The van der Waals surface area contributed by atoms with Gasteiger partial charge in [-0.1, -0.05) is 18.2 Å². The Labute approximate surface area is 134 Å². The van der Waals surface area contributed by atoms with Crippen LogP contribution in [0, 0.1) is 11.7 Å². The van der Waals surface area contributed by atoms with Crippen molar-refractivity contribution in [3.63, 3.8) is 0 Å². The molecule has 1 saturated heterocycles. The Morgan fingerprint density at radius 1 is 1.22 bits per heavy atom. The van der Waals surface area contributed by atoms with Crippen LogP contribution in [0.4, 0.5) is 10.1 Å². The fourth-order valence-corrected chi connectivity index (χ4v) is 3.16. The molecular weight excluding hydrogens is 293 g/mol. The number of rotatable bonds is 4. The fraction of sp³-hybridized carbons (Fsp3) is 0.263. The normalized spacial score (nSPS) is 17.6. The second kappa shape index (κ2) is 6.32. The first-order valence-electron chi connectivity index (χ1n) is 7.69. The third kappa shape index (κ3) is 3.31. The van der Waals surface area contributed by atoms with E-state index in [-0.39, 0.29) is 23.4 Å². The van der Waals surface area contributed by atoms with E-state index in [1.807, 2.05) is 30.3 Å². The number of amides is 1. The first-order valence-corrected chi connectivity index (χ1v) is 7.69. The molecule has 0 aliphatic carbocycles. The molecule has 3 rings (SSSR count). The molecule has 0 saturated carbocycles. The van der Waals surface area contributed by atoms with Gasteiger partial charge in [0, 0.05) is 24.2 Å². The monoisotopic (exact) mass is 311 g/mol. The minimum absolute atomic E-state index is 0.0713. The maximum absolute atomic E-state index is 13.5. The van der Waals surface area contributed by atoms with Crippen LogP contribution in [-0.2, 0) is 11.2 Å². The lowest BCUT2D eigenvalue weighted by molar-refractivity contribution is -0.117. The van der Waals surface area contributed by atoms with Crippen molar-refractivity contribution in [3.8, 4) is 0 Å². The van der Waals surface area contributed by atoms with Gasteiger partial charge in [0.05, 0.1) is 0 Å². The van der Waals surface area contributed by atoms with Crippen LogP contribution in [-0.4, -0.2) is 18.2 Å². The Balaban J connectivity index is 1.79. The number of para-hydroxylation sites is 1. The Morgan fingerprint density at radius 2 is 1.96 bits per heavy atom. The topological polar surface area (TPSA) is 37.4 Å². The number of anilines is 1. The van der Waals surface area contributed by atoms with Gasteiger partial charge in [0.15, 0.2) is 5.78 Å². The van der Waals surface area contributed by atoms with Gasteiger partial charge in [0.2, 0.25) is 5.91 Å². The summed E-state index contributed by atoms with van der Waals surface area (Å²) in [4.78, 5) is 25.7. The molecule has 1 amide bonds. The SMILES string of the molecule is CC(=O)c1ccc(F)cc1CC1CC(=O)N(c2ccccc2)C1. The van der Waals surface area contributed by atoms with Gasteiger partial charge < -0.3 is 4.90 Å². The van der Waals surface area contributed by atoms with E-state index in [1.54, 1.807) is 4.90 Å². The lowest BCUT2D eigenvalue weighted by Crippen LogP contribution is -2.24. The summed E-state index contributed by atoms with van der Waals surface area (Å²) in [6, 6.07) is 13.8. The van der Waals surface area contributed by atoms with Crippen LogP contribution < -0.4 is 4.90 Å². The first-order chi connectivity index (χ1) is 11.0. The molecule has 2 aromatic rings. The maximum atomic E-state index is 13.5. The van der Waals surface area contributed by atoms with Crippen molar-refractivity contribution in [1.82, 2.24) is 0 Å². The number of hydrogen-bond donors (Lipinski definition) is 0. The van der Waals surface area contributed by atoms with Crippen molar-refractivity contribution in [3.05, 3.63) is 65.5 Å². The van der Waals surface area contributed by atoms with Crippen LogP contribution in [0.25, 0.3) is 0 Å². The molecule has 1 aliphatic rings.